The molecule has 2 rings (SSSR count). The molecule has 0 saturated carbocycles. The van der Waals surface area contributed by atoms with Crippen LogP contribution in [0, 0.1) is 0 Å². The summed E-state index contributed by atoms with van der Waals surface area (Å²) >= 11 is 0. The number of carboxylic acids is 1. The summed E-state index contributed by atoms with van der Waals surface area (Å²) in [5.41, 5.74) is 0.993. The summed E-state index contributed by atoms with van der Waals surface area (Å²) in [6, 6.07) is 7.03. The molecule has 2 aromatic rings. The second-order valence-corrected chi connectivity index (χ2v) is 5.52. The Morgan fingerprint density at radius 1 is 1.07 bits per heavy atom. The van der Waals surface area contributed by atoms with E-state index in [1.54, 1.807) is 19.2 Å². The normalized spacial score (nSPS) is 9.96. The molecule has 0 radical (unpaired) electrons. The van der Waals surface area contributed by atoms with Crippen LogP contribution in [0.1, 0.15) is 22.3 Å². The van der Waals surface area contributed by atoms with Gasteiger partial charge in [0.25, 0.3) is 0 Å². The Labute approximate surface area is 177 Å². The van der Waals surface area contributed by atoms with Crippen molar-refractivity contribution in [1.29, 1.82) is 0 Å². The average molecular weight is 383 g/mol. The Balaban J connectivity index is 0.00000364. The minimum Gasteiger partial charge on any atom is -0.546 e. The Morgan fingerprint density at radius 2 is 1.70 bits per heavy atom. The predicted molar refractivity (Wildman–Crippen MR) is 90.6 cm³/mol. The molecular weight excluding hydrogens is 365 g/mol. The number of anilines is 1. The minimum atomic E-state index is -1.46. The number of carbonyl (C=O) groups excluding carboxylic acids is 2. The van der Waals surface area contributed by atoms with Crippen LogP contribution in [-0.2, 0) is 11.2 Å². The quantitative estimate of drug-likeness (QED) is 0.229. The van der Waals surface area contributed by atoms with E-state index in [0.717, 1.165) is 12.1 Å². The van der Waals surface area contributed by atoms with Gasteiger partial charge in [-0.15, -0.1) is 0 Å². The summed E-state index contributed by atoms with van der Waals surface area (Å²) in [5, 5.41) is 42.9. The van der Waals surface area contributed by atoms with Crippen molar-refractivity contribution in [2.24, 2.45) is 0 Å². The van der Waals surface area contributed by atoms with Crippen LogP contribution >= 0.6 is 0 Å². The maximum absolute atomic E-state index is 12.3. The summed E-state index contributed by atoms with van der Waals surface area (Å²) in [6.07, 6.45) is 0.275. The van der Waals surface area contributed by atoms with Crippen molar-refractivity contribution in [2.75, 3.05) is 19.0 Å². The second-order valence-electron chi connectivity index (χ2n) is 5.52. The molecule has 27 heavy (non-hydrogen) atoms. The number of phenols is 3. The zero-order valence-corrected chi connectivity index (χ0v) is 17.0. The minimum absolute atomic E-state index is 0. The van der Waals surface area contributed by atoms with Crippen LogP contribution in [0.3, 0.4) is 0 Å². The van der Waals surface area contributed by atoms with Crippen LogP contribution in [0.5, 0.6) is 23.0 Å². The van der Waals surface area contributed by atoms with E-state index in [9.17, 15) is 30.0 Å². The van der Waals surface area contributed by atoms with E-state index in [2.05, 4.69) is 5.32 Å². The monoisotopic (exact) mass is 383 g/mol. The fourth-order valence-electron chi connectivity index (χ4n) is 2.42. The number of carboxylic acid groups (broad SMARTS) is 1. The molecule has 0 aromatic heterocycles. The number of Topliss-reactive ketones (excluding diaryl/α,β-unsaturated/α-hetero) is 1. The Bertz CT molecular complexity index is 815. The van der Waals surface area contributed by atoms with Gasteiger partial charge in [0.2, 0.25) is 0 Å². The molecule has 0 bridgehead atoms. The molecule has 0 unspecified atom stereocenters. The van der Waals surface area contributed by atoms with E-state index >= 15 is 0 Å². The third-order valence-electron chi connectivity index (χ3n) is 3.68. The molecule has 9 heteroatoms. The van der Waals surface area contributed by atoms with Gasteiger partial charge in [0.1, 0.15) is 35.2 Å². The average Bonchev–Trinajstić information content (AvgIpc) is 2.57. The third-order valence-corrected chi connectivity index (χ3v) is 3.68. The third kappa shape index (κ3) is 6.06. The fraction of sp³-hybridized carbons (Fsp3) is 0.222. The molecule has 0 atom stereocenters. The van der Waals surface area contributed by atoms with Gasteiger partial charge >= 0.3 is 29.6 Å². The van der Waals surface area contributed by atoms with Gasteiger partial charge in [-0.3, -0.25) is 4.79 Å². The maximum atomic E-state index is 12.3. The van der Waals surface area contributed by atoms with Gasteiger partial charge in [0.05, 0.1) is 11.7 Å². The Kier molecular flexibility index (Phi) is 8.42. The number of rotatable bonds is 8. The second kappa shape index (κ2) is 10.1. The summed E-state index contributed by atoms with van der Waals surface area (Å²) in [7, 11) is 1.67. The van der Waals surface area contributed by atoms with E-state index in [1.807, 2.05) is 0 Å². The number of hydrogen-bond acceptors (Lipinski definition) is 8. The molecule has 0 aliphatic carbocycles. The van der Waals surface area contributed by atoms with Gasteiger partial charge in [-0.05, 0) is 24.1 Å². The van der Waals surface area contributed by atoms with Gasteiger partial charge in [-0.25, -0.2) is 0 Å². The fourth-order valence-corrected chi connectivity index (χ4v) is 2.42. The molecule has 0 aliphatic rings. The van der Waals surface area contributed by atoms with Gasteiger partial charge in [0, 0.05) is 25.6 Å². The first-order valence-corrected chi connectivity index (χ1v) is 7.73. The number of aryl methyl sites for hydroxylation is 1. The zero-order chi connectivity index (χ0) is 19.3. The van der Waals surface area contributed by atoms with Crippen molar-refractivity contribution < 1.29 is 64.3 Å². The topological polar surface area (TPSA) is 139 Å². The summed E-state index contributed by atoms with van der Waals surface area (Å²) < 4.78 is 4.80. The van der Waals surface area contributed by atoms with Crippen molar-refractivity contribution >= 4 is 17.4 Å². The number of nitrogens with one attached hydrogen (secondary N) is 1. The first kappa shape index (κ1) is 22.6. The first-order valence-electron chi connectivity index (χ1n) is 7.73. The SMILES string of the molecule is CNc1ccc(CCC(=O)c2c(O)cc(OCC(=O)[O-])cc2O)cc1O.[Na+]. The van der Waals surface area contributed by atoms with Crippen LogP contribution in [0.25, 0.3) is 0 Å². The van der Waals surface area contributed by atoms with Gasteiger partial charge in [-0.2, -0.15) is 0 Å². The van der Waals surface area contributed by atoms with Gasteiger partial charge in [0.15, 0.2) is 5.78 Å². The van der Waals surface area contributed by atoms with E-state index in [1.165, 1.54) is 6.07 Å². The van der Waals surface area contributed by atoms with E-state index in [-0.39, 0.29) is 59.5 Å². The largest absolute Gasteiger partial charge is 1.00 e. The van der Waals surface area contributed by atoms with Crippen LogP contribution in [0.15, 0.2) is 30.3 Å². The van der Waals surface area contributed by atoms with Crippen LogP contribution in [0.2, 0.25) is 0 Å². The van der Waals surface area contributed by atoms with Crippen LogP contribution < -0.4 is 44.7 Å². The summed E-state index contributed by atoms with van der Waals surface area (Å²) in [4.78, 5) is 22.7. The molecule has 0 fully saturated rings. The molecular formula is C18H18NNaO7. The molecule has 138 valence electrons. The molecule has 0 saturated heterocycles. The zero-order valence-electron chi connectivity index (χ0n) is 15.0. The number of aromatic hydroxyl groups is 3. The molecule has 0 aliphatic heterocycles. The summed E-state index contributed by atoms with van der Waals surface area (Å²) in [6.45, 7) is -0.752. The van der Waals surface area contributed by atoms with Crippen LogP contribution in [-0.4, -0.2) is 40.7 Å². The standard InChI is InChI=1S/C18H19NO7.Na/c1-19-12-4-2-10(6-14(12)21)3-5-13(20)18-15(22)7-11(8-16(18)23)26-9-17(24)25;/h2,4,6-8,19,21-23H,3,5,9H2,1H3,(H,24,25);/q;+1/p-1. The number of ether oxygens (including phenoxy) is 1. The summed E-state index contributed by atoms with van der Waals surface area (Å²) in [5.74, 6) is -3.06. The number of aliphatic carboxylic acids is 1. The molecule has 0 amide bonds. The van der Waals surface area contributed by atoms with E-state index in [4.69, 9.17) is 4.74 Å². The molecule has 8 nitrogen and oxygen atoms in total. The van der Waals surface area contributed by atoms with E-state index in [0.29, 0.717) is 11.3 Å². The number of ketones is 1. The molecule has 2 aromatic carbocycles. The molecule has 4 N–H and O–H groups in total. The number of benzene rings is 2. The Morgan fingerprint density at radius 3 is 2.22 bits per heavy atom. The first-order chi connectivity index (χ1) is 12.3. The van der Waals surface area contributed by atoms with Crippen molar-refractivity contribution in [3.05, 3.63) is 41.5 Å². The van der Waals surface area contributed by atoms with E-state index < -0.39 is 29.9 Å². The molecule has 0 heterocycles. The molecule has 0 spiro atoms. The number of carbonyl (C=O) groups is 2. The van der Waals surface area contributed by atoms with Crippen molar-refractivity contribution in [1.82, 2.24) is 0 Å². The predicted octanol–water partition coefficient (Wildman–Crippen LogP) is -2.21. The van der Waals surface area contributed by atoms with Crippen molar-refractivity contribution in [3.63, 3.8) is 0 Å². The number of phenolic OH excluding ortho intramolecular Hbond substituents is 3. The van der Waals surface area contributed by atoms with Gasteiger partial charge in [-0.1, -0.05) is 6.07 Å². The number of hydrogen-bond donors (Lipinski definition) is 4. The van der Waals surface area contributed by atoms with Crippen LogP contribution in [0.4, 0.5) is 5.69 Å². The van der Waals surface area contributed by atoms with Crippen molar-refractivity contribution in [2.45, 2.75) is 12.8 Å². The van der Waals surface area contributed by atoms with Crippen molar-refractivity contribution in [3.8, 4) is 23.0 Å². The van der Waals surface area contributed by atoms with Gasteiger partial charge < -0.3 is 35.3 Å². The maximum Gasteiger partial charge on any atom is 1.00 e. The Hall–Kier alpha value is -2.42. The smallest absolute Gasteiger partial charge is 0.546 e.